The first-order valence-electron chi connectivity index (χ1n) is 9.89. The fourth-order valence-electron chi connectivity index (χ4n) is 3.77. The number of rotatable bonds is 5. The van der Waals surface area contributed by atoms with Crippen molar-refractivity contribution in [2.75, 3.05) is 11.5 Å². The summed E-state index contributed by atoms with van der Waals surface area (Å²) in [4.78, 5) is -2.78. The molecule has 9 N–H and O–H groups in total. The van der Waals surface area contributed by atoms with Gasteiger partial charge < -0.3 is 21.7 Å². The van der Waals surface area contributed by atoms with E-state index in [0.29, 0.717) is 12.1 Å². The van der Waals surface area contributed by atoms with E-state index >= 15 is 0 Å². The van der Waals surface area contributed by atoms with Crippen LogP contribution in [0.25, 0.3) is 21.5 Å². The van der Waals surface area contributed by atoms with Crippen molar-refractivity contribution in [2.24, 2.45) is 10.2 Å². The van der Waals surface area contributed by atoms with Gasteiger partial charge in [0.25, 0.3) is 30.4 Å². The van der Waals surface area contributed by atoms with Crippen LogP contribution in [-0.4, -0.2) is 49.1 Å². The fourth-order valence-corrected chi connectivity index (χ4v) is 5.91. The van der Waals surface area contributed by atoms with Crippen LogP contribution < -0.4 is 11.5 Å². The number of fused-ring (bicyclic) bond motifs is 2. The number of nitrogens with two attached hydrogens (primary N) is 2. The third-order valence-electron chi connectivity index (χ3n) is 5.39. The van der Waals surface area contributed by atoms with Crippen LogP contribution in [-0.2, 0) is 30.4 Å². The molecule has 0 saturated heterocycles. The van der Waals surface area contributed by atoms with Gasteiger partial charge in [0, 0.05) is 27.9 Å². The average molecular weight is 585 g/mol. The Labute approximate surface area is 213 Å². The van der Waals surface area contributed by atoms with Gasteiger partial charge >= 0.3 is 0 Å². The molecule has 0 aliphatic heterocycles. The summed E-state index contributed by atoms with van der Waals surface area (Å²) >= 11 is 0. The van der Waals surface area contributed by atoms with Crippen molar-refractivity contribution >= 4 is 74.6 Å². The lowest BCUT2D eigenvalue weighted by atomic mass is 10.1. The van der Waals surface area contributed by atoms with Gasteiger partial charge in [-0.25, -0.2) is 0 Å². The first-order valence-corrected chi connectivity index (χ1v) is 14.2. The molecule has 200 valence electrons. The second-order valence-electron chi connectivity index (χ2n) is 7.82. The second-order valence-corrected chi connectivity index (χ2v) is 12.0. The van der Waals surface area contributed by atoms with Crippen LogP contribution in [0.4, 0.5) is 22.7 Å². The Morgan fingerprint density at radius 1 is 0.632 bits per heavy atom. The third-order valence-corrected chi connectivity index (χ3v) is 8.07. The van der Waals surface area contributed by atoms with Crippen LogP contribution in [0.15, 0.2) is 67.4 Å². The van der Waals surface area contributed by atoms with Gasteiger partial charge in [0.2, 0.25) is 0 Å². The maximum Gasteiger partial charge on any atom is 0.296 e. The molecule has 0 aromatic heterocycles. The van der Waals surface area contributed by atoms with Gasteiger partial charge in [-0.15, -0.1) is 10.2 Å². The molecule has 4 rings (SSSR count). The fraction of sp³-hybridized carbons (Fsp3) is 0. The minimum atomic E-state index is -5.12. The van der Waals surface area contributed by atoms with Crippen LogP contribution in [0.1, 0.15) is 0 Å². The summed E-state index contributed by atoms with van der Waals surface area (Å²) in [6, 6.07) is 6.96. The maximum absolute atomic E-state index is 11.8. The first-order chi connectivity index (χ1) is 17.4. The van der Waals surface area contributed by atoms with E-state index in [2.05, 4.69) is 10.2 Å². The third kappa shape index (κ3) is 4.66. The highest BCUT2D eigenvalue weighted by atomic mass is 32.2. The van der Waals surface area contributed by atoms with Gasteiger partial charge in [-0.1, -0.05) is 6.07 Å². The monoisotopic (exact) mass is 584 g/mol. The molecule has 0 atom stereocenters. The molecule has 0 spiro atoms. The molecule has 0 fully saturated rings. The highest BCUT2D eigenvalue weighted by Crippen LogP contribution is 2.45. The molecule has 0 heterocycles. The molecular weight excluding hydrogens is 568 g/mol. The van der Waals surface area contributed by atoms with E-state index in [9.17, 15) is 49.1 Å². The zero-order valence-corrected chi connectivity index (χ0v) is 21.0. The number of nitrogen functional groups attached to an aromatic ring is 2. The van der Waals surface area contributed by atoms with Crippen LogP contribution in [0.3, 0.4) is 0 Å². The standard InChI is InChI=1S/C20H16N4O11S3/c21-8-1-2-9-11(5-8)14(36(27,28)29)6-13(25)19(9)24-23-12-4-3-10-15(37(30,31)32)7-16(38(33,34)35)18(22)17(10)20(12)26/h1-7,25-26H,21-22H2,(H,27,28,29)(H,30,31,32)(H,33,34,35). The van der Waals surface area contributed by atoms with Gasteiger partial charge in [0.15, 0.2) is 5.75 Å². The number of phenolic OH excluding ortho intramolecular Hbond substituents is 2. The summed E-state index contributed by atoms with van der Waals surface area (Å²) in [6.45, 7) is 0. The summed E-state index contributed by atoms with van der Waals surface area (Å²) in [7, 11) is -15.0. The first kappa shape index (κ1) is 27.0. The Morgan fingerprint density at radius 2 is 1.18 bits per heavy atom. The van der Waals surface area contributed by atoms with Gasteiger partial charge in [0.05, 0.1) is 11.1 Å². The highest BCUT2D eigenvalue weighted by Gasteiger charge is 2.27. The van der Waals surface area contributed by atoms with Gasteiger partial charge in [-0.2, -0.15) is 25.3 Å². The van der Waals surface area contributed by atoms with E-state index in [-0.39, 0.29) is 22.1 Å². The van der Waals surface area contributed by atoms with Crippen molar-refractivity contribution < 1.29 is 49.1 Å². The molecule has 0 radical (unpaired) electrons. The summed E-state index contributed by atoms with van der Waals surface area (Å²) in [5, 5.41) is 27.6. The van der Waals surface area contributed by atoms with E-state index in [1.807, 2.05) is 0 Å². The Hall–Kier alpha value is -4.07. The summed E-state index contributed by atoms with van der Waals surface area (Å²) in [5.74, 6) is -1.66. The SMILES string of the molecule is Nc1ccc2c(N=Nc3ccc4c(S(=O)(=O)O)cc(S(=O)(=O)O)c(N)c4c3O)c(O)cc(S(=O)(=O)O)c2c1. The van der Waals surface area contributed by atoms with Gasteiger partial charge in [-0.05, 0) is 30.3 Å². The summed E-state index contributed by atoms with van der Waals surface area (Å²) in [5.41, 5.74) is 10.1. The Bertz CT molecular complexity index is 2040. The molecule has 0 aliphatic rings. The number of hydrogen-bond donors (Lipinski definition) is 7. The number of anilines is 2. The molecule has 0 bridgehead atoms. The summed E-state index contributed by atoms with van der Waals surface area (Å²) in [6.07, 6.45) is 0. The number of aromatic hydroxyl groups is 2. The lowest BCUT2D eigenvalue weighted by Crippen LogP contribution is -2.08. The van der Waals surface area contributed by atoms with Crippen molar-refractivity contribution in [2.45, 2.75) is 14.7 Å². The number of phenols is 2. The van der Waals surface area contributed by atoms with Crippen LogP contribution in [0, 0.1) is 0 Å². The molecular formula is C20H16N4O11S3. The molecule has 18 heteroatoms. The smallest absolute Gasteiger partial charge is 0.296 e. The quantitative estimate of drug-likeness (QED) is 0.101. The zero-order chi connectivity index (χ0) is 28.4. The largest absolute Gasteiger partial charge is 0.506 e. The van der Waals surface area contributed by atoms with E-state index in [0.717, 1.165) is 12.1 Å². The van der Waals surface area contributed by atoms with E-state index in [1.165, 1.54) is 18.2 Å². The predicted molar refractivity (Wildman–Crippen MR) is 134 cm³/mol. The van der Waals surface area contributed by atoms with Crippen molar-refractivity contribution in [1.29, 1.82) is 0 Å². The number of hydrogen-bond acceptors (Lipinski definition) is 12. The lowest BCUT2D eigenvalue weighted by molar-refractivity contribution is 0.468. The van der Waals surface area contributed by atoms with Crippen LogP contribution in [0.2, 0.25) is 0 Å². The average Bonchev–Trinajstić information content (AvgIpc) is 2.77. The molecule has 0 saturated carbocycles. The maximum atomic E-state index is 11.8. The topological polar surface area (TPSA) is 280 Å². The number of benzene rings is 4. The predicted octanol–water partition coefficient (Wildman–Crippen LogP) is 2.72. The number of nitrogens with zero attached hydrogens (tertiary/aromatic N) is 2. The number of azo groups is 1. The van der Waals surface area contributed by atoms with E-state index in [4.69, 9.17) is 11.5 Å². The minimum Gasteiger partial charge on any atom is -0.506 e. The normalized spacial score (nSPS) is 13.0. The van der Waals surface area contributed by atoms with Crippen molar-refractivity contribution in [3.05, 3.63) is 42.5 Å². The van der Waals surface area contributed by atoms with Crippen LogP contribution >= 0.6 is 0 Å². The van der Waals surface area contributed by atoms with Crippen LogP contribution in [0.5, 0.6) is 11.5 Å². The molecule has 0 aliphatic carbocycles. The molecule has 38 heavy (non-hydrogen) atoms. The van der Waals surface area contributed by atoms with E-state index in [1.54, 1.807) is 0 Å². The van der Waals surface area contributed by atoms with Crippen molar-refractivity contribution in [3.63, 3.8) is 0 Å². The lowest BCUT2D eigenvalue weighted by Gasteiger charge is -2.13. The molecule has 4 aromatic carbocycles. The second kappa shape index (κ2) is 8.75. The van der Waals surface area contributed by atoms with Gasteiger partial charge in [-0.3, -0.25) is 13.7 Å². The Morgan fingerprint density at radius 3 is 1.76 bits per heavy atom. The summed E-state index contributed by atoms with van der Waals surface area (Å²) < 4.78 is 99.3. The van der Waals surface area contributed by atoms with Crippen molar-refractivity contribution in [1.82, 2.24) is 0 Å². The Balaban J connectivity index is 2.01. The minimum absolute atomic E-state index is 0.0299. The molecule has 0 amide bonds. The molecule has 15 nitrogen and oxygen atoms in total. The van der Waals surface area contributed by atoms with Crippen molar-refractivity contribution in [3.8, 4) is 11.5 Å². The molecule has 4 aromatic rings. The Kier molecular flexibility index (Phi) is 6.21. The highest BCUT2D eigenvalue weighted by molar-refractivity contribution is 7.87. The van der Waals surface area contributed by atoms with E-state index < -0.39 is 78.7 Å². The zero-order valence-electron chi connectivity index (χ0n) is 18.5. The van der Waals surface area contributed by atoms with Gasteiger partial charge in [0.1, 0.15) is 31.8 Å². The molecule has 0 unspecified atom stereocenters.